The molecule has 0 radical (unpaired) electrons. The Morgan fingerprint density at radius 2 is 1.66 bits per heavy atom. The van der Waals surface area contributed by atoms with Crippen molar-refractivity contribution in [1.82, 2.24) is 0 Å². The first-order chi connectivity index (χ1) is 15.3. The first-order valence-corrected chi connectivity index (χ1v) is 11.0. The van der Waals surface area contributed by atoms with E-state index < -0.39 is 5.97 Å². The Morgan fingerprint density at radius 3 is 2.38 bits per heavy atom. The SMILES string of the molecule is Cc1ccc(C)c(C(=O)COC(=O)c2ccc(N3C(=O)[C@H]4CC[C@H](C)C[C@H]4C3=O)cc2)c1. The van der Waals surface area contributed by atoms with Crippen molar-refractivity contribution in [1.29, 1.82) is 0 Å². The number of carbonyl (C=O) groups excluding carboxylic acids is 4. The van der Waals surface area contributed by atoms with E-state index in [-0.39, 0.29) is 41.6 Å². The number of amides is 2. The van der Waals surface area contributed by atoms with Crippen LogP contribution in [0.15, 0.2) is 42.5 Å². The van der Waals surface area contributed by atoms with Crippen LogP contribution in [0.2, 0.25) is 0 Å². The van der Waals surface area contributed by atoms with Crippen LogP contribution in [0.25, 0.3) is 0 Å². The fourth-order valence-corrected chi connectivity index (χ4v) is 4.72. The molecule has 1 aliphatic heterocycles. The molecule has 2 aromatic carbocycles. The third-order valence-electron chi connectivity index (χ3n) is 6.58. The molecule has 0 aromatic heterocycles. The standard InChI is InChI=1S/C26H27NO5/c1-15-4-6-17(3)21(12-15)23(28)14-32-26(31)18-7-9-19(10-8-18)27-24(29)20-11-5-16(2)13-22(20)25(27)30/h4,6-10,12,16,20,22H,5,11,13-14H2,1-3H3/t16-,20-,22+/m0/s1. The molecule has 4 rings (SSSR count). The Morgan fingerprint density at radius 1 is 0.969 bits per heavy atom. The van der Waals surface area contributed by atoms with Gasteiger partial charge in [-0.2, -0.15) is 0 Å². The molecule has 0 unspecified atom stereocenters. The van der Waals surface area contributed by atoms with E-state index in [9.17, 15) is 19.2 Å². The zero-order valence-electron chi connectivity index (χ0n) is 18.6. The van der Waals surface area contributed by atoms with Crippen molar-refractivity contribution in [3.63, 3.8) is 0 Å². The van der Waals surface area contributed by atoms with Crippen molar-refractivity contribution in [2.45, 2.75) is 40.0 Å². The van der Waals surface area contributed by atoms with Gasteiger partial charge in [0, 0.05) is 5.56 Å². The predicted molar refractivity (Wildman–Crippen MR) is 119 cm³/mol. The molecule has 2 aromatic rings. The molecule has 1 saturated carbocycles. The molecule has 0 N–H and O–H groups in total. The van der Waals surface area contributed by atoms with Gasteiger partial charge in [-0.25, -0.2) is 4.79 Å². The number of Topliss-reactive ketones (excluding diaryl/α,β-unsaturated/α-hetero) is 1. The lowest BCUT2D eigenvalue weighted by Crippen LogP contribution is -2.30. The minimum Gasteiger partial charge on any atom is -0.454 e. The Labute approximate surface area is 187 Å². The van der Waals surface area contributed by atoms with Crippen LogP contribution in [0.4, 0.5) is 5.69 Å². The van der Waals surface area contributed by atoms with Crippen molar-refractivity contribution < 1.29 is 23.9 Å². The first-order valence-electron chi connectivity index (χ1n) is 11.0. The van der Waals surface area contributed by atoms with Crippen LogP contribution >= 0.6 is 0 Å². The van der Waals surface area contributed by atoms with Gasteiger partial charge in [0.15, 0.2) is 6.61 Å². The van der Waals surface area contributed by atoms with E-state index in [0.717, 1.165) is 30.4 Å². The monoisotopic (exact) mass is 433 g/mol. The van der Waals surface area contributed by atoms with Gasteiger partial charge in [-0.3, -0.25) is 19.3 Å². The average Bonchev–Trinajstić information content (AvgIpc) is 3.03. The fraction of sp³-hybridized carbons (Fsp3) is 0.385. The van der Waals surface area contributed by atoms with Crippen molar-refractivity contribution in [3.8, 4) is 0 Å². The second-order valence-corrected chi connectivity index (χ2v) is 9.01. The molecule has 2 aliphatic rings. The van der Waals surface area contributed by atoms with Crippen molar-refractivity contribution in [3.05, 3.63) is 64.7 Å². The summed E-state index contributed by atoms with van der Waals surface area (Å²) in [5, 5.41) is 0. The summed E-state index contributed by atoms with van der Waals surface area (Å²) >= 11 is 0. The second kappa shape index (κ2) is 8.69. The van der Waals surface area contributed by atoms with Crippen LogP contribution in [0, 0.1) is 31.6 Å². The molecule has 1 aliphatic carbocycles. The van der Waals surface area contributed by atoms with Gasteiger partial charge in [-0.1, -0.05) is 24.6 Å². The highest BCUT2D eigenvalue weighted by molar-refractivity contribution is 6.22. The number of carbonyl (C=O) groups is 4. The lowest BCUT2D eigenvalue weighted by Gasteiger charge is -2.25. The quantitative estimate of drug-likeness (QED) is 0.400. The molecule has 6 heteroatoms. The highest BCUT2D eigenvalue weighted by Crippen LogP contribution is 2.42. The van der Waals surface area contributed by atoms with Gasteiger partial charge in [-0.05, 0) is 74.9 Å². The Balaban J connectivity index is 1.42. The number of rotatable bonds is 5. The smallest absolute Gasteiger partial charge is 0.338 e. The molecule has 166 valence electrons. The topological polar surface area (TPSA) is 80.8 Å². The number of ketones is 1. The minimum absolute atomic E-state index is 0.152. The Kier molecular flexibility index (Phi) is 5.96. The highest BCUT2D eigenvalue weighted by Gasteiger charge is 2.49. The summed E-state index contributed by atoms with van der Waals surface area (Å²) in [7, 11) is 0. The summed E-state index contributed by atoms with van der Waals surface area (Å²) in [6, 6.07) is 11.8. The summed E-state index contributed by atoms with van der Waals surface area (Å²) in [6.07, 6.45) is 2.44. The van der Waals surface area contributed by atoms with Crippen molar-refractivity contribution >= 4 is 29.3 Å². The number of aryl methyl sites for hydroxylation is 2. The third-order valence-corrected chi connectivity index (χ3v) is 6.58. The normalized spacial score (nSPS) is 22.6. The molecule has 3 atom stereocenters. The van der Waals surface area contributed by atoms with E-state index in [1.54, 1.807) is 18.2 Å². The van der Waals surface area contributed by atoms with Gasteiger partial charge in [-0.15, -0.1) is 0 Å². The molecule has 6 nitrogen and oxygen atoms in total. The van der Waals surface area contributed by atoms with Crippen LogP contribution in [0.5, 0.6) is 0 Å². The molecule has 2 fully saturated rings. The van der Waals surface area contributed by atoms with Gasteiger partial charge >= 0.3 is 5.97 Å². The summed E-state index contributed by atoms with van der Waals surface area (Å²) in [5.74, 6) is -1.23. The molecular weight excluding hydrogens is 406 g/mol. The molecule has 1 saturated heterocycles. The van der Waals surface area contributed by atoms with Crippen LogP contribution in [0.3, 0.4) is 0 Å². The maximum absolute atomic E-state index is 12.9. The molecule has 1 heterocycles. The average molecular weight is 434 g/mol. The number of hydrogen-bond acceptors (Lipinski definition) is 5. The molecular formula is C26H27NO5. The number of nitrogens with zero attached hydrogens (tertiary/aromatic N) is 1. The number of benzene rings is 2. The largest absolute Gasteiger partial charge is 0.454 e. The van der Waals surface area contributed by atoms with Crippen LogP contribution in [0.1, 0.15) is 58.0 Å². The Bertz CT molecular complexity index is 1090. The van der Waals surface area contributed by atoms with Crippen LogP contribution < -0.4 is 4.90 Å². The van der Waals surface area contributed by atoms with Crippen molar-refractivity contribution in [2.75, 3.05) is 11.5 Å². The number of esters is 1. The van der Waals surface area contributed by atoms with Crippen molar-refractivity contribution in [2.24, 2.45) is 17.8 Å². The summed E-state index contributed by atoms with van der Waals surface area (Å²) < 4.78 is 5.20. The number of fused-ring (bicyclic) bond motifs is 1. The molecule has 0 bridgehead atoms. The number of ether oxygens (including phenoxy) is 1. The maximum atomic E-state index is 12.9. The maximum Gasteiger partial charge on any atom is 0.338 e. The van der Waals surface area contributed by atoms with Crippen LogP contribution in [-0.2, 0) is 14.3 Å². The van der Waals surface area contributed by atoms with E-state index >= 15 is 0 Å². The number of anilines is 1. The van der Waals surface area contributed by atoms with E-state index in [0.29, 0.717) is 17.2 Å². The third kappa shape index (κ3) is 4.09. The van der Waals surface area contributed by atoms with Crippen LogP contribution in [-0.4, -0.2) is 30.2 Å². The van der Waals surface area contributed by atoms with Gasteiger partial charge in [0.05, 0.1) is 23.1 Å². The van der Waals surface area contributed by atoms with E-state index in [1.807, 2.05) is 26.0 Å². The molecule has 0 spiro atoms. The second-order valence-electron chi connectivity index (χ2n) is 9.01. The zero-order valence-corrected chi connectivity index (χ0v) is 18.6. The van der Waals surface area contributed by atoms with E-state index in [2.05, 4.69) is 6.92 Å². The minimum atomic E-state index is -0.628. The zero-order chi connectivity index (χ0) is 23.0. The highest BCUT2D eigenvalue weighted by atomic mass is 16.5. The lowest BCUT2D eigenvalue weighted by atomic mass is 9.76. The van der Waals surface area contributed by atoms with Gasteiger partial charge in [0.1, 0.15) is 0 Å². The molecule has 32 heavy (non-hydrogen) atoms. The number of imide groups is 1. The number of hydrogen-bond donors (Lipinski definition) is 0. The fourth-order valence-electron chi connectivity index (χ4n) is 4.72. The molecule has 2 amide bonds. The van der Waals surface area contributed by atoms with Gasteiger partial charge in [0.2, 0.25) is 17.6 Å². The van der Waals surface area contributed by atoms with E-state index in [1.165, 1.54) is 17.0 Å². The Hall–Kier alpha value is -3.28. The summed E-state index contributed by atoms with van der Waals surface area (Å²) in [5.41, 5.74) is 3.05. The van der Waals surface area contributed by atoms with E-state index in [4.69, 9.17) is 4.74 Å². The first kappa shape index (κ1) is 21.9. The summed E-state index contributed by atoms with van der Waals surface area (Å²) in [6.45, 7) is 5.50. The van der Waals surface area contributed by atoms with Gasteiger partial charge < -0.3 is 4.74 Å². The van der Waals surface area contributed by atoms with Gasteiger partial charge in [0.25, 0.3) is 0 Å². The summed E-state index contributed by atoms with van der Waals surface area (Å²) in [4.78, 5) is 51.8. The predicted octanol–water partition coefficient (Wildman–Crippen LogP) is 4.27. The lowest BCUT2D eigenvalue weighted by molar-refractivity contribution is -0.122.